The lowest BCUT2D eigenvalue weighted by Crippen LogP contribution is -2.52. The number of rotatable bonds is 2. The van der Waals surface area contributed by atoms with Gasteiger partial charge in [-0.05, 0) is 54.8 Å². The maximum absolute atomic E-state index is 12.7. The Morgan fingerprint density at radius 3 is 2.48 bits per heavy atom. The minimum absolute atomic E-state index is 0.0237. The molecular weight excluding hydrogens is 386 g/mol. The molecule has 2 aliphatic rings. The van der Waals surface area contributed by atoms with Crippen LogP contribution in [-0.2, 0) is 4.79 Å². The lowest BCUT2D eigenvalue weighted by atomic mass is 9.81. The van der Waals surface area contributed by atoms with Crippen LogP contribution in [0.15, 0.2) is 42.5 Å². The second kappa shape index (κ2) is 7.68. The predicted octanol–water partition coefficient (Wildman–Crippen LogP) is 5.00. The predicted molar refractivity (Wildman–Crippen MR) is 115 cm³/mol. The molecular formula is C24H24ClNO3. The third-order valence-corrected chi connectivity index (χ3v) is 6.31. The largest absolute Gasteiger partial charge is 0.486 e. The van der Waals surface area contributed by atoms with Crippen LogP contribution in [-0.4, -0.2) is 35.3 Å². The zero-order valence-corrected chi connectivity index (χ0v) is 17.5. The number of fused-ring (bicyclic) bond motifs is 1. The third kappa shape index (κ3) is 3.95. The zero-order chi connectivity index (χ0) is 20.6. The van der Waals surface area contributed by atoms with Gasteiger partial charge in [0.15, 0.2) is 5.78 Å². The van der Waals surface area contributed by atoms with Gasteiger partial charge < -0.3 is 9.64 Å². The Balaban J connectivity index is 1.43. The Kier molecular flexibility index (Phi) is 5.22. The van der Waals surface area contributed by atoms with Gasteiger partial charge >= 0.3 is 0 Å². The maximum atomic E-state index is 12.7. The first-order valence-electron chi connectivity index (χ1n) is 9.92. The lowest BCUT2D eigenvalue weighted by molar-refractivity contribution is -0.129. The summed E-state index contributed by atoms with van der Waals surface area (Å²) < 4.78 is 6.42. The monoisotopic (exact) mass is 409 g/mol. The fourth-order valence-corrected chi connectivity index (χ4v) is 4.17. The molecule has 0 N–H and O–H groups in total. The Morgan fingerprint density at radius 2 is 1.79 bits per heavy atom. The standard InChI is InChI=1S/C24H24ClNO3/c1-16-3-9-20-21(27)15-24(29-23(20)17(16)2)11-13-26(14-12-24)22(28)10-6-18-4-7-19(25)8-5-18/h3-10H,11-15H2,1-2H3/b10-6+. The van der Waals surface area contributed by atoms with Crippen molar-refractivity contribution in [2.24, 2.45) is 0 Å². The molecule has 0 aliphatic carbocycles. The Hall–Kier alpha value is -2.59. The Labute approximate surface area is 176 Å². The number of hydrogen-bond acceptors (Lipinski definition) is 3. The lowest BCUT2D eigenvalue weighted by Gasteiger charge is -2.44. The molecule has 1 saturated heterocycles. The molecule has 0 radical (unpaired) electrons. The maximum Gasteiger partial charge on any atom is 0.246 e. The smallest absolute Gasteiger partial charge is 0.246 e. The number of carbonyl (C=O) groups is 2. The molecule has 0 aromatic heterocycles. The van der Waals surface area contributed by atoms with Crippen LogP contribution in [0, 0.1) is 13.8 Å². The van der Waals surface area contributed by atoms with Crippen molar-refractivity contribution < 1.29 is 14.3 Å². The number of hydrogen-bond donors (Lipinski definition) is 0. The van der Waals surface area contributed by atoms with E-state index < -0.39 is 5.60 Å². The third-order valence-electron chi connectivity index (χ3n) is 6.05. The number of likely N-dealkylation sites (tertiary alicyclic amines) is 1. The van der Waals surface area contributed by atoms with Gasteiger partial charge in [-0.1, -0.05) is 29.8 Å². The van der Waals surface area contributed by atoms with Gasteiger partial charge in [0.25, 0.3) is 0 Å². The molecule has 0 bridgehead atoms. The second-order valence-corrected chi connectivity index (χ2v) is 8.42. The molecule has 2 aliphatic heterocycles. The molecule has 1 spiro atoms. The molecule has 4 nitrogen and oxygen atoms in total. The summed E-state index contributed by atoms with van der Waals surface area (Å²) in [5.74, 6) is 0.838. The summed E-state index contributed by atoms with van der Waals surface area (Å²) in [6, 6.07) is 11.2. The highest BCUT2D eigenvalue weighted by molar-refractivity contribution is 6.30. The molecule has 29 heavy (non-hydrogen) atoms. The Bertz CT molecular complexity index is 986. The van der Waals surface area contributed by atoms with Crippen LogP contribution >= 0.6 is 11.6 Å². The van der Waals surface area contributed by atoms with Crippen LogP contribution in [0.5, 0.6) is 5.75 Å². The summed E-state index contributed by atoms with van der Waals surface area (Å²) in [7, 11) is 0. The van der Waals surface area contributed by atoms with E-state index in [0.29, 0.717) is 42.9 Å². The zero-order valence-electron chi connectivity index (χ0n) is 16.7. The first kappa shape index (κ1) is 19.7. The van der Waals surface area contributed by atoms with Crippen LogP contribution in [0.25, 0.3) is 6.08 Å². The molecule has 2 heterocycles. The van der Waals surface area contributed by atoms with Crippen LogP contribution in [0.4, 0.5) is 0 Å². The minimum atomic E-state index is -0.501. The molecule has 0 atom stereocenters. The van der Waals surface area contributed by atoms with Crippen molar-refractivity contribution in [3.8, 4) is 5.75 Å². The summed E-state index contributed by atoms with van der Waals surface area (Å²) in [6.07, 6.45) is 5.09. The summed E-state index contributed by atoms with van der Waals surface area (Å²) in [4.78, 5) is 27.1. The van der Waals surface area contributed by atoms with Gasteiger partial charge in [-0.15, -0.1) is 0 Å². The van der Waals surface area contributed by atoms with Gasteiger partial charge in [0.2, 0.25) is 5.91 Å². The molecule has 4 rings (SSSR count). The first-order chi connectivity index (χ1) is 13.9. The summed E-state index contributed by atoms with van der Waals surface area (Å²) in [5.41, 5.74) is 3.26. The number of piperidine rings is 1. The number of ketones is 1. The van der Waals surface area contributed by atoms with Gasteiger partial charge in [-0.3, -0.25) is 9.59 Å². The SMILES string of the molecule is Cc1ccc2c(c1C)OC1(CCN(C(=O)/C=C/c3ccc(Cl)cc3)CC1)CC2=O. The molecule has 0 saturated carbocycles. The molecule has 1 amide bonds. The highest BCUT2D eigenvalue weighted by Gasteiger charge is 2.44. The number of halogens is 1. The fraction of sp³-hybridized carbons (Fsp3) is 0.333. The topological polar surface area (TPSA) is 46.6 Å². The molecule has 2 aromatic carbocycles. The van der Waals surface area contributed by atoms with Crippen LogP contribution < -0.4 is 4.74 Å². The van der Waals surface area contributed by atoms with E-state index in [1.807, 2.05) is 43.0 Å². The quantitative estimate of drug-likeness (QED) is 0.656. The number of nitrogens with zero attached hydrogens (tertiary/aromatic N) is 1. The fourth-order valence-electron chi connectivity index (χ4n) is 4.04. The number of Topliss-reactive ketones (excluding diaryl/α,β-unsaturated/α-hetero) is 1. The van der Waals surface area contributed by atoms with E-state index in [4.69, 9.17) is 16.3 Å². The van der Waals surface area contributed by atoms with Crippen molar-refractivity contribution in [3.63, 3.8) is 0 Å². The average molecular weight is 410 g/mol. The molecule has 2 aromatic rings. The molecule has 0 unspecified atom stereocenters. The van der Waals surface area contributed by atoms with Gasteiger partial charge in [0.05, 0.1) is 12.0 Å². The highest BCUT2D eigenvalue weighted by atomic mass is 35.5. The van der Waals surface area contributed by atoms with Gasteiger partial charge in [0.1, 0.15) is 11.4 Å². The van der Waals surface area contributed by atoms with Crippen LogP contribution in [0.2, 0.25) is 5.02 Å². The molecule has 5 heteroatoms. The van der Waals surface area contributed by atoms with E-state index in [9.17, 15) is 9.59 Å². The van der Waals surface area contributed by atoms with Gasteiger partial charge in [-0.2, -0.15) is 0 Å². The summed E-state index contributed by atoms with van der Waals surface area (Å²) in [6.45, 7) is 5.19. The molecule has 1 fully saturated rings. The van der Waals surface area contributed by atoms with E-state index in [2.05, 4.69) is 0 Å². The average Bonchev–Trinajstić information content (AvgIpc) is 2.71. The number of amides is 1. The summed E-state index contributed by atoms with van der Waals surface area (Å²) >= 11 is 5.89. The van der Waals surface area contributed by atoms with Crippen molar-refractivity contribution in [1.29, 1.82) is 0 Å². The van der Waals surface area contributed by atoms with Gasteiger partial charge in [0, 0.05) is 37.0 Å². The van der Waals surface area contributed by atoms with E-state index >= 15 is 0 Å². The van der Waals surface area contributed by atoms with Crippen molar-refractivity contribution >= 4 is 29.4 Å². The van der Waals surface area contributed by atoms with Crippen LogP contribution in [0.1, 0.15) is 46.3 Å². The van der Waals surface area contributed by atoms with Crippen molar-refractivity contribution in [2.75, 3.05) is 13.1 Å². The molecule has 150 valence electrons. The van der Waals surface area contributed by atoms with Crippen LogP contribution in [0.3, 0.4) is 0 Å². The van der Waals surface area contributed by atoms with E-state index in [-0.39, 0.29) is 11.7 Å². The minimum Gasteiger partial charge on any atom is -0.486 e. The van der Waals surface area contributed by atoms with Crippen molar-refractivity contribution in [2.45, 2.75) is 38.7 Å². The first-order valence-corrected chi connectivity index (χ1v) is 10.3. The second-order valence-electron chi connectivity index (χ2n) is 7.98. The Morgan fingerprint density at radius 1 is 1.10 bits per heavy atom. The van der Waals surface area contributed by atoms with E-state index in [1.165, 1.54) is 0 Å². The number of carbonyl (C=O) groups excluding carboxylic acids is 2. The number of benzene rings is 2. The van der Waals surface area contributed by atoms with Crippen molar-refractivity contribution in [1.82, 2.24) is 4.90 Å². The van der Waals surface area contributed by atoms with Crippen molar-refractivity contribution in [3.05, 3.63) is 69.8 Å². The normalized spacial score (nSPS) is 18.0. The number of aryl methyl sites for hydroxylation is 1. The van der Waals surface area contributed by atoms with Gasteiger partial charge in [-0.25, -0.2) is 0 Å². The number of ether oxygens (including phenoxy) is 1. The summed E-state index contributed by atoms with van der Waals surface area (Å²) in [5, 5.41) is 0.670. The van der Waals surface area contributed by atoms with E-state index in [1.54, 1.807) is 24.3 Å². The van der Waals surface area contributed by atoms with E-state index in [0.717, 1.165) is 22.4 Å². The highest BCUT2D eigenvalue weighted by Crippen LogP contribution is 2.41.